The van der Waals surface area contributed by atoms with Crippen LogP contribution in [0, 0.1) is 13.8 Å². The van der Waals surface area contributed by atoms with Crippen LogP contribution in [0.5, 0.6) is 0 Å². The lowest BCUT2D eigenvalue weighted by molar-refractivity contribution is 0.0949. The van der Waals surface area contributed by atoms with E-state index in [9.17, 15) is 4.79 Å². The van der Waals surface area contributed by atoms with E-state index in [1.54, 1.807) is 0 Å². The van der Waals surface area contributed by atoms with Crippen molar-refractivity contribution in [2.75, 3.05) is 19.0 Å². The first-order valence-corrected chi connectivity index (χ1v) is 9.54. The molecule has 0 unspecified atom stereocenters. The monoisotopic (exact) mass is 357 g/mol. The predicted molar refractivity (Wildman–Crippen MR) is 105 cm³/mol. The highest BCUT2D eigenvalue weighted by molar-refractivity contribution is 5.95. The molecule has 3 rings (SSSR count). The molecule has 0 spiro atoms. The number of hydrogen-bond donors (Lipinski definition) is 1. The minimum atomic E-state index is -0.00670. The molecular formula is C20H31N5O. The molecule has 2 heterocycles. The standard InChI is InChI=1S/C20H31N5O/c1-14-11-18(15(2)25(14)16-9-7-6-8-10-16)19(26)21-12-17-13-22-20(23(3)4)24(17)5/h11,13,16H,6-10,12H2,1-5H3,(H,21,26). The second kappa shape index (κ2) is 7.56. The summed E-state index contributed by atoms with van der Waals surface area (Å²) in [6.07, 6.45) is 8.18. The third kappa shape index (κ3) is 3.50. The van der Waals surface area contributed by atoms with Gasteiger partial charge >= 0.3 is 0 Å². The van der Waals surface area contributed by atoms with Crippen molar-refractivity contribution in [3.05, 3.63) is 34.9 Å². The van der Waals surface area contributed by atoms with E-state index in [4.69, 9.17) is 0 Å². The lowest BCUT2D eigenvalue weighted by Crippen LogP contribution is -2.25. The third-order valence-corrected chi connectivity index (χ3v) is 5.56. The lowest BCUT2D eigenvalue weighted by Gasteiger charge is -2.26. The molecule has 142 valence electrons. The van der Waals surface area contributed by atoms with Crippen LogP contribution in [0.2, 0.25) is 0 Å². The molecule has 6 nitrogen and oxygen atoms in total. The molecular weight excluding hydrogens is 326 g/mol. The fourth-order valence-electron chi connectivity index (χ4n) is 4.19. The van der Waals surface area contributed by atoms with Crippen molar-refractivity contribution in [3.63, 3.8) is 0 Å². The smallest absolute Gasteiger partial charge is 0.253 e. The Kier molecular flexibility index (Phi) is 5.39. The van der Waals surface area contributed by atoms with Gasteiger partial charge in [0.05, 0.1) is 24.0 Å². The van der Waals surface area contributed by atoms with Crippen LogP contribution >= 0.6 is 0 Å². The van der Waals surface area contributed by atoms with E-state index in [-0.39, 0.29) is 5.91 Å². The maximum Gasteiger partial charge on any atom is 0.253 e. The van der Waals surface area contributed by atoms with Gasteiger partial charge in [-0.3, -0.25) is 4.79 Å². The number of imidazole rings is 1. The first-order valence-electron chi connectivity index (χ1n) is 9.54. The normalized spacial score (nSPS) is 15.3. The molecule has 26 heavy (non-hydrogen) atoms. The zero-order valence-electron chi connectivity index (χ0n) is 16.7. The molecule has 1 N–H and O–H groups in total. The maximum absolute atomic E-state index is 12.8. The first kappa shape index (κ1) is 18.5. The zero-order chi connectivity index (χ0) is 18.8. The van der Waals surface area contributed by atoms with Gasteiger partial charge in [-0.15, -0.1) is 0 Å². The van der Waals surface area contributed by atoms with Gasteiger partial charge in [0.25, 0.3) is 5.91 Å². The predicted octanol–water partition coefficient (Wildman–Crippen LogP) is 3.34. The van der Waals surface area contributed by atoms with Crippen molar-refractivity contribution in [2.45, 2.75) is 58.5 Å². The summed E-state index contributed by atoms with van der Waals surface area (Å²) in [6.45, 7) is 4.66. The summed E-state index contributed by atoms with van der Waals surface area (Å²) in [4.78, 5) is 19.1. The summed E-state index contributed by atoms with van der Waals surface area (Å²) in [5.41, 5.74) is 4.06. The van der Waals surface area contributed by atoms with Crippen LogP contribution in [0.3, 0.4) is 0 Å². The molecule has 6 heteroatoms. The van der Waals surface area contributed by atoms with Gasteiger partial charge in [0.2, 0.25) is 5.95 Å². The highest BCUT2D eigenvalue weighted by Gasteiger charge is 2.22. The van der Waals surface area contributed by atoms with Crippen molar-refractivity contribution < 1.29 is 4.79 Å². The summed E-state index contributed by atoms with van der Waals surface area (Å²) in [5.74, 6) is 0.873. The molecule has 0 bridgehead atoms. The van der Waals surface area contributed by atoms with E-state index >= 15 is 0 Å². The molecule has 2 aromatic rings. The second-order valence-electron chi connectivity index (χ2n) is 7.63. The van der Waals surface area contributed by atoms with Crippen molar-refractivity contribution in [3.8, 4) is 0 Å². The highest BCUT2D eigenvalue weighted by atomic mass is 16.1. The van der Waals surface area contributed by atoms with Crippen LogP contribution in [-0.4, -0.2) is 34.1 Å². The van der Waals surface area contributed by atoms with Crippen molar-refractivity contribution in [1.29, 1.82) is 0 Å². The Bertz CT molecular complexity index is 780. The number of aromatic nitrogens is 3. The number of aryl methyl sites for hydroxylation is 1. The SMILES string of the molecule is Cc1cc(C(=O)NCc2cnc(N(C)C)n2C)c(C)n1C1CCCCC1. The Morgan fingerprint density at radius 2 is 1.96 bits per heavy atom. The van der Waals surface area contributed by atoms with Gasteiger partial charge in [0, 0.05) is 38.6 Å². The molecule has 1 saturated carbocycles. The van der Waals surface area contributed by atoms with Crippen LogP contribution < -0.4 is 10.2 Å². The fourth-order valence-corrected chi connectivity index (χ4v) is 4.19. The van der Waals surface area contributed by atoms with E-state index < -0.39 is 0 Å². The van der Waals surface area contributed by atoms with Gasteiger partial charge < -0.3 is 19.4 Å². The van der Waals surface area contributed by atoms with Crippen molar-refractivity contribution >= 4 is 11.9 Å². The summed E-state index contributed by atoms with van der Waals surface area (Å²) < 4.78 is 4.38. The van der Waals surface area contributed by atoms with Crippen molar-refractivity contribution in [2.24, 2.45) is 7.05 Å². The average Bonchev–Trinajstić information content (AvgIpc) is 3.13. The molecule has 1 aliphatic rings. The molecule has 1 amide bonds. The van der Waals surface area contributed by atoms with Gasteiger partial charge in [0.1, 0.15) is 0 Å². The average molecular weight is 358 g/mol. The van der Waals surface area contributed by atoms with Crippen LogP contribution in [0.25, 0.3) is 0 Å². The maximum atomic E-state index is 12.8. The summed E-state index contributed by atoms with van der Waals surface area (Å²) in [6, 6.07) is 2.58. The van der Waals surface area contributed by atoms with E-state index in [0.717, 1.165) is 22.9 Å². The summed E-state index contributed by atoms with van der Waals surface area (Å²) in [7, 11) is 5.90. The molecule has 1 aliphatic carbocycles. The molecule has 0 radical (unpaired) electrons. The van der Waals surface area contributed by atoms with Gasteiger partial charge in [0.15, 0.2) is 0 Å². The number of carbonyl (C=O) groups excluding carboxylic acids is 1. The number of nitrogens with zero attached hydrogens (tertiary/aromatic N) is 4. The fraction of sp³-hybridized carbons (Fsp3) is 0.600. The molecule has 2 aromatic heterocycles. The molecule has 0 atom stereocenters. The third-order valence-electron chi connectivity index (χ3n) is 5.56. The highest BCUT2D eigenvalue weighted by Crippen LogP contribution is 2.32. The Morgan fingerprint density at radius 1 is 1.27 bits per heavy atom. The van der Waals surface area contributed by atoms with Crippen molar-refractivity contribution in [1.82, 2.24) is 19.4 Å². The number of carbonyl (C=O) groups is 1. The number of rotatable bonds is 5. The number of nitrogens with one attached hydrogen (secondary N) is 1. The van der Waals surface area contributed by atoms with Crippen LogP contribution in [0.1, 0.15) is 65.6 Å². The quantitative estimate of drug-likeness (QED) is 0.893. The number of hydrogen-bond acceptors (Lipinski definition) is 3. The van der Waals surface area contributed by atoms with Crippen LogP contribution in [0.4, 0.5) is 5.95 Å². The molecule has 1 fully saturated rings. The summed E-state index contributed by atoms with van der Waals surface area (Å²) in [5, 5.41) is 3.06. The van der Waals surface area contributed by atoms with E-state index in [1.807, 2.05) is 42.9 Å². The summed E-state index contributed by atoms with van der Waals surface area (Å²) >= 11 is 0. The Balaban J connectivity index is 1.72. The largest absolute Gasteiger partial charge is 0.348 e. The topological polar surface area (TPSA) is 55.1 Å². The number of anilines is 1. The molecule has 0 aliphatic heterocycles. The van der Waals surface area contributed by atoms with Gasteiger partial charge in [-0.25, -0.2) is 4.98 Å². The minimum absolute atomic E-state index is 0.00670. The molecule has 0 saturated heterocycles. The van der Waals surface area contributed by atoms with Gasteiger partial charge in [-0.05, 0) is 32.8 Å². The molecule has 0 aromatic carbocycles. The minimum Gasteiger partial charge on any atom is -0.348 e. The van der Waals surface area contributed by atoms with E-state index in [2.05, 4.69) is 28.7 Å². The van der Waals surface area contributed by atoms with Gasteiger partial charge in [-0.1, -0.05) is 19.3 Å². The van der Waals surface area contributed by atoms with Gasteiger partial charge in [-0.2, -0.15) is 0 Å². The lowest BCUT2D eigenvalue weighted by atomic mass is 9.95. The Morgan fingerprint density at radius 3 is 2.58 bits per heavy atom. The van der Waals surface area contributed by atoms with E-state index in [1.165, 1.54) is 37.8 Å². The van der Waals surface area contributed by atoms with Crippen LogP contribution in [-0.2, 0) is 13.6 Å². The first-order chi connectivity index (χ1) is 12.4. The van der Waals surface area contributed by atoms with Crippen LogP contribution in [0.15, 0.2) is 12.3 Å². The van der Waals surface area contributed by atoms with E-state index in [0.29, 0.717) is 12.6 Å². The number of amides is 1. The second-order valence-corrected chi connectivity index (χ2v) is 7.63. The Hall–Kier alpha value is -2.24. The zero-order valence-corrected chi connectivity index (χ0v) is 16.7. The Labute approximate surface area is 156 Å².